The predicted octanol–water partition coefficient (Wildman–Crippen LogP) is 4.18. The lowest BCUT2D eigenvalue weighted by molar-refractivity contribution is 0.0937. The van der Waals surface area contributed by atoms with Gasteiger partial charge < -0.3 is 9.88 Å². The van der Waals surface area contributed by atoms with E-state index in [1.54, 1.807) is 30.7 Å². The number of benzene rings is 2. The van der Waals surface area contributed by atoms with Crippen LogP contribution < -0.4 is 5.32 Å². The van der Waals surface area contributed by atoms with Crippen molar-refractivity contribution in [2.75, 3.05) is 5.75 Å². The molecule has 6 nitrogen and oxygen atoms in total. The number of carbonyl (C=O) groups excluding carboxylic acids is 2. The van der Waals surface area contributed by atoms with Gasteiger partial charge in [-0.1, -0.05) is 39.8 Å². The van der Waals surface area contributed by atoms with Gasteiger partial charge in [-0.2, -0.15) is 0 Å². The minimum atomic E-state index is -0.415. The SMILES string of the molecule is C[C@@H](NC(=O)c1ccc(F)cc1)c1nnc(SCC(=O)c2ccc(Br)cc2)n1C. The van der Waals surface area contributed by atoms with Gasteiger partial charge in [0, 0.05) is 22.6 Å². The molecular weight excluding hydrogens is 459 g/mol. The quantitative estimate of drug-likeness (QED) is 0.408. The van der Waals surface area contributed by atoms with Crippen LogP contribution in [0.3, 0.4) is 0 Å². The molecule has 2 aromatic carbocycles. The molecule has 0 aliphatic rings. The van der Waals surface area contributed by atoms with E-state index < -0.39 is 11.9 Å². The molecule has 1 heterocycles. The summed E-state index contributed by atoms with van der Waals surface area (Å²) in [5.41, 5.74) is 0.984. The zero-order valence-electron chi connectivity index (χ0n) is 15.7. The van der Waals surface area contributed by atoms with Crippen LogP contribution in [0.4, 0.5) is 4.39 Å². The molecule has 3 aromatic rings. The van der Waals surface area contributed by atoms with E-state index in [1.165, 1.54) is 36.0 Å². The number of thioether (sulfide) groups is 1. The first-order chi connectivity index (χ1) is 13.8. The standard InChI is InChI=1S/C20H18BrFN4O2S/c1-12(23-19(28)14-5-9-16(22)10-6-14)18-24-25-20(26(18)2)29-11-17(27)13-3-7-15(21)8-4-13/h3-10,12H,11H2,1-2H3,(H,23,28)/t12-/m1/s1. The Morgan fingerprint density at radius 2 is 1.72 bits per heavy atom. The Bertz CT molecular complexity index is 1020. The largest absolute Gasteiger partial charge is 0.342 e. The van der Waals surface area contributed by atoms with Gasteiger partial charge in [-0.3, -0.25) is 9.59 Å². The normalized spacial score (nSPS) is 11.9. The molecule has 0 bridgehead atoms. The fourth-order valence-corrected chi connectivity index (χ4v) is 3.70. The zero-order valence-corrected chi connectivity index (χ0v) is 18.1. The van der Waals surface area contributed by atoms with E-state index in [0.29, 0.717) is 22.1 Å². The van der Waals surface area contributed by atoms with Gasteiger partial charge in [0.15, 0.2) is 16.8 Å². The number of amides is 1. The average Bonchev–Trinajstić information content (AvgIpc) is 3.07. The second kappa shape index (κ2) is 9.32. The summed E-state index contributed by atoms with van der Waals surface area (Å²) in [7, 11) is 1.78. The number of hydrogen-bond donors (Lipinski definition) is 1. The van der Waals surface area contributed by atoms with Gasteiger partial charge in [-0.25, -0.2) is 4.39 Å². The van der Waals surface area contributed by atoms with Gasteiger partial charge in [0.2, 0.25) is 0 Å². The maximum atomic E-state index is 13.0. The van der Waals surface area contributed by atoms with E-state index >= 15 is 0 Å². The second-order valence-corrected chi connectivity index (χ2v) is 8.18. The second-order valence-electron chi connectivity index (χ2n) is 6.32. The zero-order chi connectivity index (χ0) is 21.0. The molecule has 150 valence electrons. The van der Waals surface area contributed by atoms with Crippen LogP contribution in [0.2, 0.25) is 0 Å². The molecule has 0 spiro atoms. The van der Waals surface area contributed by atoms with Crippen LogP contribution in [0.15, 0.2) is 58.2 Å². The Morgan fingerprint density at radius 3 is 2.38 bits per heavy atom. The highest BCUT2D eigenvalue weighted by atomic mass is 79.9. The fourth-order valence-electron chi connectivity index (χ4n) is 2.62. The molecule has 0 aliphatic carbocycles. The summed E-state index contributed by atoms with van der Waals surface area (Å²) < 4.78 is 15.7. The minimum absolute atomic E-state index is 0.00953. The number of rotatable bonds is 7. The van der Waals surface area contributed by atoms with Crippen molar-refractivity contribution in [3.8, 4) is 0 Å². The molecule has 1 aromatic heterocycles. The lowest BCUT2D eigenvalue weighted by atomic mass is 10.2. The van der Waals surface area contributed by atoms with Gasteiger partial charge in [-0.05, 0) is 43.3 Å². The topological polar surface area (TPSA) is 76.9 Å². The van der Waals surface area contributed by atoms with Crippen LogP contribution in [0.25, 0.3) is 0 Å². The third-order valence-corrected chi connectivity index (χ3v) is 5.76. The summed E-state index contributed by atoms with van der Waals surface area (Å²) in [5.74, 6) is 0.0374. The first kappa shape index (κ1) is 21.2. The summed E-state index contributed by atoms with van der Waals surface area (Å²) in [6.45, 7) is 1.78. The average molecular weight is 477 g/mol. The number of aromatic nitrogens is 3. The molecule has 0 radical (unpaired) electrons. The Morgan fingerprint density at radius 1 is 1.10 bits per heavy atom. The molecular formula is C20H18BrFN4O2S. The maximum Gasteiger partial charge on any atom is 0.251 e. The highest BCUT2D eigenvalue weighted by Gasteiger charge is 2.19. The summed E-state index contributed by atoms with van der Waals surface area (Å²) in [6.07, 6.45) is 0. The van der Waals surface area contributed by atoms with Crippen molar-refractivity contribution in [1.29, 1.82) is 0 Å². The first-order valence-corrected chi connectivity index (χ1v) is 10.5. The predicted molar refractivity (Wildman–Crippen MR) is 112 cm³/mol. The molecule has 1 amide bonds. The van der Waals surface area contributed by atoms with E-state index in [9.17, 15) is 14.0 Å². The molecule has 29 heavy (non-hydrogen) atoms. The molecule has 0 unspecified atom stereocenters. The van der Waals surface area contributed by atoms with E-state index in [1.807, 2.05) is 12.1 Å². The number of Topliss-reactive ketones (excluding diaryl/α,β-unsaturated/α-hetero) is 1. The number of nitrogens with zero attached hydrogens (tertiary/aromatic N) is 3. The Kier molecular flexibility index (Phi) is 6.81. The van der Waals surface area contributed by atoms with Gasteiger partial charge in [0.25, 0.3) is 5.91 Å². The molecule has 1 atom stereocenters. The van der Waals surface area contributed by atoms with Crippen molar-refractivity contribution < 1.29 is 14.0 Å². The van der Waals surface area contributed by atoms with Crippen molar-refractivity contribution in [2.45, 2.75) is 18.1 Å². The number of nitrogens with one attached hydrogen (secondary N) is 1. The third-order valence-electron chi connectivity index (χ3n) is 4.21. The number of halogens is 2. The molecule has 0 fully saturated rings. The van der Waals surface area contributed by atoms with Crippen LogP contribution in [0.5, 0.6) is 0 Å². The van der Waals surface area contributed by atoms with E-state index in [4.69, 9.17) is 0 Å². The van der Waals surface area contributed by atoms with Crippen molar-refractivity contribution in [3.63, 3.8) is 0 Å². The first-order valence-electron chi connectivity index (χ1n) is 8.72. The summed E-state index contributed by atoms with van der Waals surface area (Å²) in [5, 5.41) is 11.7. The molecule has 1 N–H and O–H groups in total. The summed E-state index contributed by atoms with van der Waals surface area (Å²) in [4.78, 5) is 24.6. The Hall–Kier alpha value is -2.52. The summed E-state index contributed by atoms with van der Waals surface area (Å²) >= 11 is 4.63. The number of hydrogen-bond acceptors (Lipinski definition) is 5. The lowest BCUT2D eigenvalue weighted by Crippen LogP contribution is -2.28. The summed E-state index contributed by atoms with van der Waals surface area (Å²) in [6, 6.07) is 12.1. The molecule has 0 aliphatic heterocycles. The van der Waals surface area contributed by atoms with Crippen LogP contribution in [0, 0.1) is 5.82 Å². The highest BCUT2D eigenvalue weighted by molar-refractivity contribution is 9.10. The van der Waals surface area contributed by atoms with E-state index in [-0.39, 0.29) is 17.4 Å². The number of ketones is 1. The third kappa shape index (κ3) is 5.30. The van der Waals surface area contributed by atoms with Crippen LogP contribution in [0.1, 0.15) is 39.5 Å². The van der Waals surface area contributed by atoms with Gasteiger partial charge in [0.1, 0.15) is 5.82 Å². The monoisotopic (exact) mass is 476 g/mol. The molecule has 0 saturated heterocycles. The van der Waals surface area contributed by atoms with Crippen LogP contribution in [-0.2, 0) is 7.05 Å². The van der Waals surface area contributed by atoms with Gasteiger partial charge in [0.05, 0.1) is 11.8 Å². The van der Waals surface area contributed by atoms with Crippen molar-refractivity contribution >= 4 is 39.4 Å². The highest BCUT2D eigenvalue weighted by Crippen LogP contribution is 2.21. The lowest BCUT2D eigenvalue weighted by Gasteiger charge is -2.13. The fraction of sp³-hybridized carbons (Fsp3) is 0.200. The smallest absolute Gasteiger partial charge is 0.251 e. The minimum Gasteiger partial charge on any atom is -0.342 e. The molecule has 0 saturated carbocycles. The number of carbonyl (C=O) groups is 2. The van der Waals surface area contributed by atoms with Crippen LogP contribution >= 0.6 is 27.7 Å². The van der Waals surface area contributed by atoms with E-state index in [2.05, 4.69) is 31.4 Å². The van der Waals surface area contributed by atoms with Crippen molar-refractivity contribution in [2.24, 2.45) is 7.05 Å². The van der Waals surface area contributed by atoms with Crippen molar-refractivity contribution in [3.05, 3.63) is 75.8 Å². The molecule has 3 rings (SSSR count). The Labute approximate surface area is 180 Å². The Balaban J connectivity index is 1.62. The molecule has 9 heteroatoms. The van der Waals surface area contributed by atoms with E-state index in [0.717, 1.165) is 4.47 Å². The maximum absolute atomic E-state index is 13.0. The van der Waals surface area contributed by atoms with Gasteiger partial charge >= 0.3 is 0 Å². The van der Waals surface area contributed by atoms with Crippen LogP contribution in [-0.4, -0.2) is 32.2 Å². The van der Waals surface area contributed by atoms with Gasteiger partial charge in [-0.15, -0.1) is 10.2 Å². The van der Waals surface area contributed by atoms with Crippen molar-refractivity contribution in [1.82, 2.24) is 20.1 Å².